The van der Waals surface area contributed by atoms with Gasteiger partial charge in [-0.1, -0.05) is 32.0 Å². The van der Waals surface area contributed by atoms with Crippen molar-refractivity contribution in [3.8, 4) is 0 Å². The molecule has 0 aliphatic heterocycles. The van der Waals surface area contributed by atoms with Crippen LogP contribution >= 0.6 is 11.8 Å². The summed E-state index contributed by atoms with van der Waals surface area (Å²) in [6, 6.07) is 6.09. The van der Waals surface area contributed by atoms with Crippen LogP contribution in [-0.4, -0.2) is 33.6 Å². The number of para-hydroxylation sites is 1. The number of hydrogen-bond acceptors (Lipinski definition) is 3. The number of aromatic nitrogens is 1. The fraction of sp³-hybridized carbons (Fsp3) is 0.412. The molecule has 2 aromatic rings. The molecule has 1 heterocycles. The van der Waals surface area contributed by atoms with Crippen molar-refractivity contribution in [3.63, 3.8) is 0 Å². The maximum Gasteiger partial charge on any atom is 0.326 e. The van der Waals surface area contributed by atoms with Crippen LogP contribution in [-0.2, 0) is 23.1 Å². The van der Waals surface area contributed by atoms with Gasteiger partial charge in [-0.05, 0) is 29.3 Å². The Morgan fingerprint density at radius 1 is 1.29 bits per heavy atom. The number of aryl methyl sites for hydroxylation is 1. The molecule has 1 aromatic heterocycles. The topological polar surface area (TPSA) is 83.4 Å². The van der Waals surface area contributed by atoms with E-state index in [9.17, 15) is 14.7 Å². The van der Waals surface area contributed by atoms with E-state index in [4.69, 9.17) is 11.8 Å². The number of nitrogens with one attached hydrogen (secondary N) is 2. The van der Waals surface area contributed by atoms with Crippen molar-refractivity contribution < 1.29 is 14.7 Å². The van der Waals surface area contributed by atoms with E-state index in [2.05, 4.69) is 10.2 Å². The summed E-state index contributed by atoms with van der Waals surface area (Å²) < 4.78 is 1.95. The molecule has 0 saturated carbocycles. The number of carboxylic acids is 1. The first-order valence-corrected chi connectivity index (χ1v) is 8.15. The second kappa shape index (κ2) is 7.68. The highest BCUT2D eigenvalue weighted by Crippen LogP contribution is 2.21. The fourth-order valence-electron chi connectivity index (χ4n) is 2.75. The zero-order valence-corrected chi connectivity index (χ0v) is 14.7. The Hall–Kier alpha value is -2.05. The van der Waals surface area contributed by atoms with Gasteiger partial charge in [0.25, 0.3) is 0 Å². The monoisotopic (exact) mass is 351 g/mol. The van der Waals surface area contributed by atoms with E-state index in [1.165, 1.54) is 0 Å². The molecular weight excluding hydrogens is 330 g/mol. The van der Waals surface area contributed by atoms with Gasteiger partial charge in [0.05, 0.1) is 0 Å². The van der Waals surface area contributed by atoms with Gasteiger partial charge in [-0.3, -0.25) is 4.79 Å². The first-order chi connectivity index (χ1) is 11.3. The van der Waals surface area contributed by atoms with Gasteiger partial charge in [0.2, 0.25) is 5.91 Å². The van der Waals surface area contributed by atoms with E-state index in [0.717, 1.165) is 16.5 Å². The average Bonchev–Trinajstić information content (AvgIpc) is 2.83. The molecule has 0 saturated heterocycles. The number of carboxylic acid groups (broad SMARTS) is 1. The van der Waals surface area contributed by atoms with Crippen LogP contribution in [0, 0.1) is 5.92 Å². The molecule has 0 radical (unpaired) electrons. The van der Waals surface area contributed by atoms with Crippen LogP contribution in [0.1, 0.15) is 19.4 Å². The molecule has 1 amide bonds. The van der Waals surface area contributed by atoms with Gasteiger partial charge in [0.1, 0.15) is 12.1 Å². The lowest BCUT2D eigenvalue weighted by Gasteiger charge is -2.21. The Bertz CT molecular complexity index is 742. The largest absolute Gasteiger partial charge is 0.480 e. The van der Waals surface area contributed by atoms with Crippen LogP contribution in [0.3, 0.4) is 0 Å². The van der Waals surface area contributed by atoms with Gasteiger partial charge in [0, 0.05) is 30.6 Å². The molecule has 2 atom stereocenters. The highest BCUT2D eigenvalue weighted by Gasteiger charge is 2.27. The number of fused-ring (bicyclic) bond motifs is 1. The first kappa shape index (κ1) is 18.3. The number of rotatable bonds is 7. The Morgan fingerprint density at radius 2 is 1.96 bits per heavy atom. The van der Waals surface area contributed by atoms with Crippen molar-refractivity contribution in [1.82, 2.24) is 14.7 Å². The minimum Gasteiger partial charge on any atom is -0.480 e. The molecule has 0 aliphatic carbocycles. The lowest BCUT2D eigenvalue weighted by molar-refractivity contribution is -0.142. The third-order valence-corrected chi connectivity index (χ3v) is 4.32. The van der Waals surface area contributed by atoms with Gasteiger partial charge >= 0.3 is 5.97 Å². The van der Waals surface area contributed by atoms with E-state index in [1.54, 1.807) is 0 Å². The number of nitrogens with zero attached hydrogens (tertiary/aromatic N) is 1. The molecule has 0 aliphatic rings. The summed E-state index contributed by atoms with van der Waals surface area (Å²) in [5.74, 6) is -1.56. The highest BCUT2D eigenvalue weighted by atomic mass is 35.5. The molecule has 0 spiro atoms. The smallest absolute Gasteiger partial charge is 0.326 e. The van der Waals surface area contributed by atoms with Crippen molar-refractivity contribution in [1.29, 1.82) is 0 Å². The molecule has 2 rings (SSSR count). The number of aliphatic carboxylic acids is 1. The standard InChI is InChI=1S/C17H22ClN3O3/c1-10(2)15(20-18)16(22)19-13(17(23)24)8-11-9-21(3)14-7-5-4-6-12(11)14/h4-7,9-10,13,15,20H,8H2,1-3H3,(H,19,22)(H,23,24)/t13-,15+/m1/s1. The van der Waals surface area contributed by atoms with Crippen molar-refractivity contribution in [2.75, 3.05) is 0 Å². The third kappa shape index (κ3) is 3.88. The molecule has 3 N–H and O–H groups in total. The molecule has 130 valence electrons. The summed E-state index contributed by atoms with van der Waals surface area (Å²) in [6.07, 6.45) is 2.10. The summed E-state index contributed by atoms with van der Waals surface area (Å²) in [5.41, 5.74) is 1.89. The fourth-order valence-corrected chi connectivity index (χ4v) is 3.10. The summed E-state index contributed by atoms with van der Waals surface area (Å²) in [5, 5.41) is 13.0. The zero-order valence-electron chi connectivity index (χ0n) is 13.9. The van der Waals surface area contributed by atoms with Gasteiger partial charge in [0.15, 0.2) is 0 Å². The summed E-state index contributed by atoms with van der Waals surface area (Å²) >= 11 is 5.60. The van der Waals surface area contributed by atoms with E-state index < -0.39 is 24.0 Å². The van der Waals surface area contributed by atoms with Crippen molar-refractivity contribution >= 4 is 34.6 Å². The van der Waals surface area contributed by atoms with Crippen LogP contribution in [0.15, 0.2) is 30.5 Å². The van der Waals surface area contributed by atoms with Crippen LogP contribution in [0.4, 0.5) is 0 Å². The van der Waals surface area contributed by atoms with Gasteiger partial charge in [-0.25, -0.2) is 9.63 Å². The SMILES string of the molecule is CC(C)[C@H](NCl)C(=O)N[C@H](Cc1cn(C)c2ccccc12)C(=O)O. The van der Waals surface area contributed by atoms with E-state index >= 15 is 0 Å². The molecule has 7 heteroatoms. The number of hydrogen-bond donors (Lipinski definition) is 3. The number of benzene rings is 1. The Balaban J connectivity index is 2.22. The van der Waals surface area contributed by atoms with Gasteiger partial charge in [-0.15, -0.1) is 0 Å². The zero-order chi connectivity index (χ0) is 17.9. The van der Waals surface area contributed by atoms with Gasteiger partial charge in [-0.2, -0.15) is 0 Å². The first-order valence-electron chi connectivity index (χ1n) is 7.77. The Morgan fingerprint density at radius 3 is 2.54 bits per heavy atom. The molecule has 24 heavy (non-hydrogen) atoms. The molecule has 0 unspecified atom stereocenters. The van der Waals surface area contributed by atoms with E-state index in [-0.39, 0.29) is 12.3 Å². The number of halogens is 1. The lowest BCUT2D eigenvalue weighted by atomic mass is 10.0. The van der Waals surface area contributed by atoms with Crippen LogP contribution < -0.4 is 10.2 Å². The summed E-state index contributed by atoms with van der Waals surface area (Å²) in [4.78, 5) is 26.3. The molecule has 6 nitrogen and oxygen atoms in total. The quantitative estimate of drug-likeness (QED) is 0.667. The van der Waals surface area contributed by atoms with Crippen molar-refractivity contribution in [2.45, 2.75) is 32.4 Å². The Kier molecular flexibility index (Phi) is 5.85. The van der Waals surface area contributed by atoms with Gasteiger partial charge < -0.3 is 15.0 Å². The van der Waals surface area contributed by atoms with Crippen molar-refractivity contribution in [3.05, 3.63) is 36.0 Å². The number of carbonyl (C=O) groups excluding carboxylic acids is 1. The normalized spacial score (nSPS) is 13.9. The lowest BCUT2D eigenvalue weighted by Crippen LogP contribution is -2.51. The second-order valence-corrected chi connectivity index (χ2v) is 6.43. The predicted molar refractivity (Wildman–Crippen MR) is 93.8 cm³/mol. The summed E-state index contributed by atoms with van der Waals surface area (Å²) in [6.45, 7) is 3.67. The van der Waals surface area contributed by atoms with E-state index in [0.29, 0.717) is 0 Å². The molecule has 0 bridgehead atoms. The molecule has 0 fully saturated rings. The van der Waals surface area contributed by atoms with Crippen LogP contribution in [0.5, 0.6) is 0 Å². The average molecular weight is 352 g/mol. The third-order valence-electron chi connectivity index (χ3n) is 4.08. The van der Waals surface area contributed by atoms with Crippen LogP contribution in [0.25, 0.3) is 10.9 Å². The predicted octanol–water partition coefficient (Wildman–Crippen LogP) is 2.06. The second-order valence-electron chi connectivity index (χ2n) is 6.22. The Labute approximate surface area is 145 Å². The van der Waals surface area contributed by atoms with Crippen molar-refractivity contribution in [2.24, 2.45) is 13.0 Å². The number of amides is 1. The minimum absolute atomic E-state index is 0.0606. The molecular formula is C17H22ClN3O3. The molecule has 1 aromatic carbocycles. The minimum atomic E-state index is -1.08. The number of carbonyl (C=O) groups is 2. The maximum atomic E-state index is 12.3. The van der Waals surface area contributed by atoms with Crippen LogP contribution in [0.2, 0.25) is 0 Å². The summed E-state index contributed by atoms with van der Waals surface area (Å²) in [7, 11) is 1.91. The maximum absolute atomic E-state index is 12.3. The van der Waals surface area contributed by atoms with E-state index in [1.807, 2.05) is 55.9 Å². The highest BCUT2D eigenvalue weighted by molar-refractivity contribution is 6.15.